The van der Waals surface area contributed by atoms with Gasteiger partial charge in [-0.05, 0) is 73.2 Å². The first-order valence-electron chi connectivity index (χ1n) is 14.0. The van der Waals surface area contributed by atoms with Gasteiger partial charge in [0.1, 0.15) is 16.7 Å². The second kappa shape index (κ2) is 12.6. The van der Waals surface area contributed by atoms with Gasteiger partial charge in [-0.3, -0.25) is 19.2 Å². The van der Waals surface area contributed by atoms with Crippen LogP contribution in [-0.2, 0) is 19.1 Å². The summed E-state index contributed by atoms with van der Waals surface area (Å²) in [5.41, 5.74) is 1.97. The van der Waals surface area contributed by atoms with Gasteiger partial charge in [-0.15, -0.1) is 0 Å². The Morgan fingerprint density at radius 3 is 2.42 bits per heavy atom. The van der Waals surface area contributed by atoms with Gasteiger partial charge in [0, 0.05) is 16.5 Å². The SMILES string of the molecule is CCOC(=O)c1ccc(NC(=O)COc2cccc([C@H]3c4sc(=O)[nH]c4SC4C(=O)N(c5ccc(OC)cc5)C(=O)C43)c2)cc1. The standard InChI is InChI=1S/C32H27N3O8S2/c1-3-42-31(39)17-7-9-19(10-8-17)33-23(36)16-43-22-6-4-5-18(15-22)24-25-27(44-28-26(24)45-32(40)34-28)30(38)35(29(25)37)20-11-13-21(41-2)14-12-20/h4-15,24-25,27H,3,16H2,1-2H3,(H,33,36)(H,34,40)/t24-,25?,27?/m1/s1. The number of rotatable bonds is 9. The number of carbonyl (C=O) groups excluding carboxylic acids is 4. The van der Waals surface area contributed by atoms with Crippen LogP contribution < -0.4 is 24.6 Å². The first-order chi connectivity index (χ1) is 21.8. The highest BCUT2D eigenvalue weighted by atomic mass is 32.2. The van der Waals surface area contributed by atoms with Crippen molar-refractivity contribution in [3.8, 4) is 11.5 Å². The molecule has 2 unspecified atom stereocenters. The highest BCUT2D eigenvalue weighted by molar-refractivity contribution is 8.00. The molecule has 2 aliphatic rings. The van der Waals surface area contributed by atoms with Crippen LogP contribution in [0, 0.1) is 5.92 Å². The molecule has 3 amide bonds. The van der Waals surface area contributed by atoms with Gasteiger partial charge in [0.15, 0.2) is 6.61 Å². The van der Waals surface area contributed by atoms with Gasteiger partial charge in [-0.1, -0.05) is 35.2 Å². The zero-order valence-electron chi connectivity index (χ0n) is 24.1. The van der Waals surface area contributed by atoms with Crippen molar-refractivity contribution in [2.45, 2.75) is 23.1 Å². The number of nitrogens with zero attached hydrogens (tertiary/aromatic N) is 1. The van der Waals surface area contributed by atoms with Gasteiger partial charge < -0.3 is 24.5 Å². The number of methoxy groups -OCH3 is 1. The highest BCUT2D eigenvalue weighted by Crippen LogP contribution is 2.53. The molecule has 1 aromatic heterocycles. The molecule has 13 heteroatoms. The maximum absolute atomic E-state index is 13.9. The van der Waals surface area contributed by atoms with E-state index >= 15 is 0 Å². The Labute approximate surface area is 265 Å². The summed E-state index contributed by atoms with van der Waals surface area (Å²) in [6, 6.07) is 20.0. The number of aromatic nitrogens is 1. The van der Waals surface area contributed by atoms with E-state index in [1.807, 2.05) is 6.07 Å². The van der Waals surface area contributed by atoms with E-state index in [0.717, 1.165) is 11.3 Å². The van der Waals surface area contributed by atoms with Gasteiger partial charge in [0.05, 0.1) is 35.9 Å². The summed E-state index contributed by atoms with van der Waals surface area (Å²) in [7, 11) is 1.54. The Morgan fingerprint density at radius 1 is 0.956 bits per heavy atom. The van der Waals surface area contributed by atoms with E-state index < -0.39 is 29.0 Å². The van der Waals surface area contributed by atoms with Crippen molar-refractivity contribution in [3.05, 3.63) is 98.5 Å². The van der Waals surface area contributed by atoms with Crippen LogP contribution in [0.1, 0.15) is 33.6 Å². The number of fused-ring (bicyclic) bond motifs is 2. The molecule has 0 bridgehead atoms. The molecule has 0 saturated carbocycles. The quantitative estimate of drug-likeness (QED) is 0.200. The lowest BCUT2D eigenvalue weighted by Crippen LogP contribution is -2.32. The predicted molar refractivity (Wildman–Crippen MR) is 168 cm³/mol. The zero-order chi connectivity index (χ0) is 31.7. The number of benzene rings is 3. The van der Waals surface area contributed by atoms with E-state index in [1.165, 1.54) is 23.8 Å². The Hall–Kier alpha value is -4.88. The lowest BCUT2D eigenvalue weighted by molar-refractivity contribution is -0.122. The summed E-state index contributed by atoms with van der Waals surface area (Å²) < 4.78 is 16.0. The fourth-order valence-electron chi connectivity index (χ4n) is 5.41. The molecule has 0 spiro atoms. The Balaban J connectivity index is 1.21. The van der Waals surface area contributed by atoms with E-state index in [0.29, 0.717) is 43.9 Å². The summed E-state index contributed by atoms with van der Waals surface area (Å²) in [5, 5.41) is 2.54. The third kappa shape index (κ3) is 5.96. The first-order valence-corrected chi connectivity index (χ1v) is 15.7. The van der Waals surface area contributed by atoms with Crippen molar-refractivity contribution in [1.29, 1.82) is 0 Å². The van der Waals surface area contributed by atoms with E-state index in [2.05, 4.69) is 10.3 Å². The average molecular weight is 646 g/mol. The van der Waals surface area contributed by atoms with Gasteiger partial charge in [0.2, 0.25) is 11.8 Å². The second-order valence-electron chi connectivity index (χ2n) is 10.2. The lowest BCUT2D eigenvalue weighted by atomic mass is 9.83. The van der Waals surface area contributed by atoms with Crippen molar-refractivity contribution in [2.24, 2.45) is 5.92 Å². The first kappa shape index (κ1) is 30.2. The van der Waals surface area contributed by atoms with Crippen molar-refractivity contribution >= 4 is 58.2 Å². The molecular formula is C32H27N3O8S2. The minimum atomic E-state index is -0.764. The Morgan fingerprint density at radius 2 is 1.71 bits per heavy atom. The van der Waals surface area contributed by atoms with Gasteiger partial charge in [-0.25, -0.2) is 9.69 Å². The van der Waals surface area contributed by atoms with E-state index in [-0.39, 0.29) is 29.9 Å². The number of hydrogen-bond donors (Lipinski definition) is 2. The number of imide groups is 1. The van der Waals surface area contributed by atoms with E-state index in [1.54, 1.807) is 73.7 Å². The summed E-state index contributed by atoms with van der Waals surface area (Å²) in [5.74, 6) is -1.97. The fraction of sp³-hybridized carbons (Fsp3) is 0.219. The number of carbonyl (C=O) groups is 4. The van der Waals surface area contributed by atoms with Crippen LogP contribution in [0.5, 0.6) is 11.5 Å². The van der Waals surface area contributed by atoms with Crippen LogP contribution >= 0.6 is 23.1 Å². The maximum atomic E-state index is 13.9. The summed E-state index contributed by atoms with van der Waals surface area (Å²) in [4.78, 5) is 68.9. The number of hydrogen-bond acceptors (Lipinski definition) is 10. The normalized spacial score (nSPS) is 18.6. The smallest absolute Gasteiger partial charge is 0.338 e. The summed E-state index contributed by atoms with van der Waals surface area (Å²) >= 11 is 2.21. The number of thiazole rings is 1. The highest BCUT2D eigenvalue weighted by Gasteiger charge is 2.56. The molecule has 45 heavy (non-hydrogen) atoms. The average Bonchev–Trinajstić information content (AvgIpc) is 3.54. The molecule has 0 aliphatic carbocycles. The monoisotopic (exact) mass is 645 g/mol. The molecule has 6 rings (SSSR count). The molecule has 230 valence electrons. The molecule has 1 saturated heterocycles. The third-order valence-corrected chi connectivity index (χ3v) is 9.82. The fourth-order valence-corrected chi connectivity index (χ4v) is 7.92. The molecule has 3 heterocycles. The number of esters is 1. The molecule has 11 nitrogen and oxygen atoms in total. The number of thioether (sulfide) groups is 1. The Kier molecular flexibility index (Phi) is 8.46. The predicted octanol–water partition coefficient (Wildman–Crippen LogP) is 4.44. The minimum absolute atomic E-state index is 0.264. The topological polar surface area (TPSA) is 144 Å². The number of aromatic amines is 1. The van der Waals surface area contributed by atoms with Gasteiger partial charge in [-0.2, -0.15) is 0 Å². The number of nitrogens with one attached hydrogen (secondary N) is 2. The molecule has 2 aliphatic heterocycles. The van der Waals surface area contributed by atoms with Crippen molar-refractivity contribution < 1.29 is 33.4 Å². The largest absolute Gasteiger partial charge is 0.497 e. The maximum Gasteiger partial charge on any atom is 0.338 e. The van der Waals surface area contributed by atoms with Crippen LogP contribution in [0.2, 0.25) is 0 Å². The van der Waals surface area contributed by atoms with Crippen molar-refractivity contribution in [2.75, 3.05) is 30.5 Å². The number of ether oxygens (including phenoxy) is 3. The van der Waals surface area contributed by atoms with E-state index in [9.17, 15) is 24.0 Å². The molecule has 4 aromatic rings. The minimum Gasteiger partial charge on any atom is -0.497 e. The number of H-pyrrole nitrogens is 1. The number of anilines is 2. The lowest BCUT2D eigenvalue weighted by Gasteiger charge is -2.30. The zero-order valence-corrected chi connectivity index (χ0v) is 25.7. The van der Waals surface area contributed by atoms with E-state index in [4.69, 9.17) is 14.2 Å². The molecular weight excluding hydrogens is 618 g/mol. The number of amides is 3. The second-order valence-corrected chi connectivity index (χ2v) is 12.3. The van der Waals surface area contributed by atoms with Gasteiger partial charge in [0.25, 0.3) is 5.91 Å². The molecule has 1 fully saturated rings. The Bertz CT molecular complexity index is 1830. The molecule has 3 aromatic carbocycles. The molecule has 0 radical (unpaired) electrons. The van der Waals surface area contributed by atoms with Crippen LogP contribution in [0.25, 0.3) is 0 Å². The summed E-state index contributed by atoms with van der Waals surface area (Å²) in [6.07, 6.45) is 0. The van der Waals surface area contributed by atoms with Crippen LogP contribution in [0.3, 0.4) is 0 Å². The van der Waals surface area contributed by atoms with Crippen molar-refractivity contribution in [1.82, 2.24) is 4.98 Å². The summed E-state index contributed by atoms with van der Waals surface area (Å²) in [6.45, 7) is 1.68. The molecule has 3 atom stereocenters. The molecule has 2 N–H and O–H groups in total. The van der Waals surface area contributed by atoms with Gasteiger partial charge >= 0.3 is 10.8 Å². The third-order valence-electron chi connectivity index (χ3n) is 7.42. The van der Waals surface area contributed by atoms with Crippen LogP contribution in [-0.4, -0.2) is 54.2 Å². The van der Waals surface area contributed by atoms with Crippen molar-refractivity contribution in [3.63, 3.8) is 0 Å². The van der Waals surface area contributed by atoms with Crippen LogP contribution in [0.4, 0.5) is 11.4 Å². The van der Waals surface area contributed by atoms with Crippen LogP contribution in [0.15, 0.2) is 82.6 Å².